The summed E-state index contributed by atoms with van der Waals surface area (Å²) in [5, 5.41) is 15.4. The Kier molecular flexibility index (Phi) is 16.3. The van der Waals surface area contributed by atoms with E-state index >= 15 is 0 Å². The first-order chi connectivity index (χ1) is 64.4. The van der Waals surface area contributed by atoms with Crippen molar-refractivity contribution in [2.24, 2.45) is 0 Å². The third-order valence-electron chi connectivity index (χ3n) is 27.2. The lowest BCUT2D eigenvalue weighted by Crippen LogP contribution is -1.98. The van der Waals surface area contributed by atoms with Crippen LogP contribution in [0.4, 0.5) is 0 Å². The van der Waals surface area contributed by atoms with Crippen molar-refractivity contribution >= 4 is 142 Å². The standard InChI is InChI=1S/C122H76N8/c1-5-27-89(28-6-1)125-109-43-19-14-37-95(109)100-69-80(51-59-113(100)125)84-55-63-117-104(73-84)105-74-85(81-52-60-114-101(70-81)96-38-15-20-44-110(96)126(114)90-29-7-2-8-30-90)56-64-118(105)129(117)93-35-23-25-79(67-93)77-47-49-78(50-48-77)121-99-41-13-18-42-108(99)123-122(124-121)88-26-24-36-94(68-88)130-119-65-57-86(82-53-61-115-102(71-82)97-39-16-21-45-111(97)127(115)91-31-9-3-10-32-91)75-106(119)107-76-87(58-66-120(107)130)83-54-62-116-103(72-83)98-40-17-22-46-112(98)128(116)92-33-11-4-12-34-92/h1-76H. The summed E-state index contributed by atoms with van der Waals surface area (Å²) >= 11 is 0. The van der Waals surface area contributed by atoms with Gasteiger partial charge in [0, 0.05) is 115 Å². The molecule has 8 heteroatoms. The van der Waals surface area contributed by atoms with Crippen molar-refractivity contribution < 1.29 is 0 Å². The molecule has 27 rings (SSSR count). The third kappa shape index (κ3) is 11.5. The fourth-order valence-electron chi connectivity index (χ4n) is 21.2. The summed E-state index contributed by atoms with van der Waals surface area (Å²) < 4.78 is 14.4. The first kappa shape index (κ1) is 72.9. The van der Waals surface area contributed by atoms with Crippen molar-refractivity contribution in [1.82, 2.24) is 37.4 Å². The Balaban J connectivity index is 0.559. The first-order valence-electron chi connectivity index (χ1n) is 44.6. The highest BCUT2D eigenvalue weighted by Crippen LogP contribution is 2.47. The average Bonchev–Trinajstić information content (AvgIpc) is 1.68. The van der Waals surface area contributed by atoms with Gasteiger partial charge in [0.05, 0.1) is 77.4 Å². The van der Waals surface area contributed by atoms with Gasteiger partial charge in [0.2, 0.25) is 0 Å². The molecule has 0 bridgehead atoms. The van der Waals surface area contributed by atoms with Crippen molar-refractivity contribution in [3.63, 3.8) is 0 Å². The third-order valence-corrected chi connectivity index (χ3v) is 27.2. The molecule has 0 unspecified atom stereocenters. The molecule has 7 heterocycles. The van der Waals surface area contributed by atoms with Crippen LogP contribution < -0.4 is 0 Å². The fourth-order valence-corrected chi connectivity index (χ4v) is 21.2. The van der Waals surface area contributed by atoms with Gasteiger partial charge in [-0.3, -0.25) is 0 Å². The van der Waals surface area contributed by atoms with Crippen LogP contribution in [0, 0.1) is 0 Å². The number of aromatic nitrogens is 8. The molecule has 0 spiro atoms. The van der Waals surface area contributed by atoms with Gasteiger partial charge in [-0.05, 0) is 256 Å². The zero-order valence-electron chi connectivity index (χ0n) is 70.5. The minimum absolute atomic E-state index is 0.651. The number of rotatable bonds is 13. The summed E-state index contributed by atoms with van der Waals surface area (Å²) in [5.74, 6) is 0.651. The molecule has 8 nitrogen and oxygen atoms in total. The summed E-state index contributed by atoms with van der Waals surface area (Å²) in [4.78, 5) is 11.0. The normalized spacial score (nSPS) is 12.0. The molecule has 0 radical (unpaired) electrons. The second-order valence-corrected chi connectivity index (χ2v) is 34.4. The van der Waals surface area contributed by atoms with Crippen molar-refractivity contribution in [2.45, 2.75) is 0 Å². The molecule has 0 N–H and O–H groups in total. The number of para-hydroxylation sites is 9. The smallest absolute Gasteiger partial charge is 0.160 e. The molecular formula is C122H76N8. The second-order valence-electron chi connectivity index (χ2n) is 34.4. The van der Waals surface area contributed by atoms with Gasteiger partial charge in [-0.25, -0.2) is 9.97 Å². The van der Waals surface area contributed by atoms with E-state index < -0.39 is 0 Å². The predicted octanol–water partition coefficient (Wildman–Crippen LogP) is 31.9. The van der Waals surface area contributed by atoms with Gasteiger partial charge in [0.25, 0.3) is 0 Å². The van der Waals surface area contributed by atoms with Gasteiger partial charge in [0.15, 0.2) is 5.82 Å². The molecule has 27 aromatic rings. The number of hydrogen-bond donors (Lipinski definition) is 0. The van der Waals surface area contributed by atoms with E-state index in [0.717, 1.165) is 139 Å². The minimum atomic E-state index is 0.651. The number of hydrogen-bond acceptors (Lipinski definition) is 2. The molecule has 0 aliphatic heterocycles. The second kappa shape index (κ2) is 29.1. The van der Waals surface area contributed by atoms with Crippen LogP contribution >= 0.6 is 0 Å². The van der Waals surface area contributed by atoms with Crippen LogP contribution in [-0.2, 0) is 0 Å². The summed E-state index contributed by atoms with van der Waals surface area (Å²) in [6, 6.07) is 169. The van der Waals surface area contributed by atoms with E-state index in [2.05, 4.69) is 488 Å². The summed E-state index contributed by atoms with van der Waals surface area (Å²) in [7, 11) is 0. The molecule has 0 aliphatic rings. The molecular weight excluding hydrogens is 1580 g/mol. The summed E-state index contributed by atoms with van der Waals surface area (Å²) in [5.41, 5.74) is 35.7. The maximum atomic E-state index is 5.60. The van der Waals surface area contributed by atoms with E-state index in [4.69, 9.17) is 9.97 Å². The maximum Gasteiger partial charge on any atom is 0.160 e. The maximum absolute atomic E-state index is 5.60. The first-order valence-corrected chi connectivity index (χ1v) is 44.6. The van der Waals surface area contributed by atoms with Crippen LogP contribution in [-0.4, -0.2) is 37.4 Å². The highest BCUT2D eigenvalue weighted by Gasteiger charge is 2.25. The Labute approximate surface area is 747 Å². The molecule has 0 atom stereocenters. The van der Waals surface area contributed by atoms with Crippen molar-refractivity contribution in [3.05, 3.63) is 461 Å². The molecule has 0 amide bonds. The molecule has 0 saturated carbocycles. The van der Waals surface area contributed by atoms with Crippen LogP contribution in [0.25, 0.3) is 254 Å². The predicted molar refractivity (Wildman–Crippen MR) is 544 cm³/mol. The van der Waals surface area contributed by atoms with Crippen molar-refractivity contribution in [3.8, 4) is 112 Å². The number of nitrogens with zero attached hydrogens (tertiary/aromatic N) is 8. The summed E-state index contributed by atoms with van der Waals surface area (Å²) in [6.45, 7) is 0. The molecule has 20 aromatic carbocycles. The Morgan fingerprint density at radius 3 is 0.654 bits per heavy atom. The van der Waals surface area contributed by atoms with E-state index in [0.29, 0.717) is 5.82 Å². The lowest BCUT2D eigenvalue weighted by Gasteiger charge is -2.13. The van der Waals surface area contributed by atoms with E-state index in [1.54, 1.807) is 0 Å². The Morgan fingerprint density at radius 1 is 0.123 bits per heavy atom. The summed E-state index contributed by atoms with van der Waals surface area (Å²) in [6.07, 6.45) is 0. The monoisotopic (exact) mass is 1650 g/mol. The van der Waals surface area contributed by atoms with E-state index in [9.17, 15) is 0 Å². The zero-order valence-corrected chi connectivity index (χ0v) is 70.5. The minimum Gasteiger partial charge on any atom is -0.309 e. The molecule has 0 saturated heterocycles. The van der Waals surface area contributed by atoms with Crippen molar-refractivity contribution in [2.75, 3.05) is 0 Å². The van der Waals surface area contributed by atoms with Gasteiger partial charge in [-0.2, -0.15) is 0 Å². The number of fused-ring (bicyclic) bond motifs is 19. The van der Waals surface area contributed by atoms with Crippen molar-refractivity contribution in [1.29, 1.82) is 0 Å². The zero-order chi connectivity index (χ0) is 85.2. The van der Waals surface area contributed by atoms with Gasteiger partial charge in [0.1, 0.15) is 0 Å². The molecule has 130 heavy (non-hydrogen) atoms. The quantitative estimate of drug-likeness (QED) is 0.116. The number of benzene rings is 20. The van der Waals surface area contributed by atoms with Crippen LogP contribution in [0.5, 0.6) is 0 Å². The van der Waals surface area contributed by atoms with Crippen LogP contribution in [0.2, 0.25) is 0 Å². The topological polar surface area (TPSA) is 55.4 Å². The van der Waals surface area contributed by atoms with Crippen LogP contribution in [0.3, 0.4) is 0 Å². The highest BCUT2D eigenvalue weighted by atomic mass is 15.0. The van der Waals surface area contributed by atoms with E-state index in [-0.39, 0.29) is 0 Å². The Morgan fingerprint density at radius 2 is 0.338 bits per heavy atom. The molecule has 7 aromatic heterocycles. The molecule has 604 valence electrons. The molecule has 0 aliphatic carbocycles. The van der Waals surface area contributed by atoms with E-state index in [1.807, 2.05) is 0 Å². The Hall–Kier alpha value is -17.5. The fraction of sp³-hybridized carbons (Fsp3) is 0. The SMILES string of the molecule is c1ccc(-n2c3ccccc3c3cc(-c4ccc5c(c4)c4cc(-c6ccc7c(c6)c6ccccc6n7-c6ccccc6)ccc4n5-c4cccc(-c5ccc(-c6nc(-c7cccc(-n8c9ccc(-c%10ccc%11c(c%10)c%10ccccc%10n%11-c%10ccccc%10)cc9c9cc(-c%10ccc%11c(c%10)c%10ccccc%10n%11-c%10ccccc%10)ccc98)c7)nc7ccccc67)cc5)c4)ccc32)cc1. The Bertz CT molecular complexity index is 8920. The largest absolute Gasteiger partial charge is 0.309 e. The van der Waals surface area contributed by atoms with Gasteiger partial charge in [-0.1, -0.05) is 261 Å². The van der Waals surface area contributed by atoms with Gasteiger partial charge < -0.3 is 27.4 Å². The van der Waals surface area contributed by atoms with Gasteiger partial charge in [-0.15, -0.1) is 0 Å². The van der Waals surface area contributed by atoms with Crippen LogP contribution in [0.1, 0.15) is 0 Å². The lowest BCUT2D eigenvalue weighted by atomic mass is 9.98. The van der Waals surface area contributed by atoms with Crippen LogP contribution in [0.15, 0.2) is 461 Å². The highest BCUT2D eigenvalue weighted by molar-refractivity contribution is 6.18. The lowest BCUT2D eigenvalue weighted by molar-refractivity contribution is 1.17. The average molecular weight is 1650 g/mol. The molecule has 0 fully saturated rings. The van der Waals surface area contributed by atoms with Gasteiger partial charge >= 0.3 is 0 Å². The van der Waals surface area contributed by atoms with E-state index in [1.165, 1.54) is 109 Å².